The van der Waals surface area contributed by atoms with Crippen molar-refractivity contribution in [2.75, 3.05) is 12.8 Å². The van der Waals surface area contributed by atoms with E-state index in [9.17, 15) is 4.79 Å². The molecule has 7 nitrogen and oxygen atoms in total. The summed E-state index contributed by atoms with van der Waals surface area (Å²) < 4.78 is 0. The van der Waals surface area contributed by atoms with E-state index in [1.54, 1.807) is 12.3 Å². The van der Waals surface area contributed by atoms with Crippen LogP contribution in [0.2, 0.25) is 0 Å². The Morgan fingerprint density at radius 3 is 3.12 bits per heavy atom. The van der Waals surface area contributed by atoms with Crippen molar-refractivity contribution in [3.63, 3.8) is 0 Å². The highest BCUT2D eigenvalue weighted by Gasteiger charge is 2.11. The second-order valence-electron chi connectivity index (χ2n) is 2.78. The van der Waals surface area contributed by atoms with Gasteiger partial charge in [0.05, 0.1) is 0 Å². The smallest absolute Gasteiger partial charge is 0.355 e. The molecule has 0 aliphatic rings. The zero-order valence-corrected chi connectivity index (χ0v) is 9.76. The highest BCUT2D eigenvalue weighted by molar-refractivity contribution is 7.98. The molecular weight excluding hydrogens is 242 g/mol. The molecule has 0 amide bonds. The summed E-state index contributed by atoms with van der Waals surface area (Å²) in [7, 11) is 0. The van der Waals surface area contributed by atoms with Gasteiger partial charge in [-0.05, 0) is 11.8 Å². The topological polar surface area (TPSA) is 112 Å². The summed E-state index contributed by atoms with van der Waals surface area (Å²) in [6.45, 7) is 0.153. The lowest BCUT2D eigenvalue weighted by Crippen LogP contribution is -2.05. The molecule has 0 radical (unpaired) electrons. The highest BCUT2D eigenvalue weighted by atomic mass is 32.2. The van der Waals surface area contributed by atoms with Crippen molar-refractivity contribution < 1.29 is 9.90 Å². The number of carboxylic acid groups (broad SMARTS) is 1. The molecule has 0 spiro atoms. The number of aromatic carboxylic acids is 1. The molecule has 1 rings (SSSR count). The minimum Gasteiger partial charge on any atom is -0.476 e. The number of carboxylic acids is 1. The van der Waals surface area contributed by atoms with E-state index in [0.717, 1.165) is 0 Å². The van der Waals surface area contributed by atoms with Gasteiger partial charge in [0.15, 0.2) is 10.9 Å². The number of hydrogen-bond donors (Lipinski definition) is 1. The number of nitrogens with zero attached hydrogens (tertiary/aromatic N) is 5. The number of carbonyl (C=O) groups is 1. The maximum atomic E-state index is 11.0. The number of hydrogen-bond acceptors (Lipinski definition) is 5. The van der Waals surface area contributed by atoms with Crippen LogP contribution in [0.15, 0.2) is 22.5 Å². The summed E-state index contributed by atoms with van der Waals surface area (Å²) in [4.78, 5) is 21.4. The van der Waals surface area contributed by atoms with E-state index in [0.29, 0.717) is 10.7 Å². The van der Waals surface area contributed by atoms with Gasteiger partial charge in [0.2, 0.25) is 0 Å². The van der Waals surface area contributed by atoms with E-state index in [-0.39, 0.29) is 12.2 Å². The fraction of sp³-hybridized carbons (Fsp3) is 0.222. The molecule has 0 saturated heterocycles. The summed E-state index contributed by atoms with van der Waals surface area (Å²) in [5.74, 6) is -1.12. The molecular formula is C9H9N5O2S. The minimum absolute atomic E-state index is 0.0680. The third kappa shape index (κ3) is 3.78. The van der Waals surface area contributed by atoms with Crippen molar-refractivity contribution in [1.29, 1.82) is 0 Å². The number of rotatable bonds is 5. The normalized spacial score (nSPS) is 10.2. The Kier molecular flexibility index (Phi) is 4.99. The average molecular weight is 251 g/mol. The molecule has 0 aliphatic heterocycles. The molecule has 0 saturated carbocycles. The predicted molar refractivity (Wildman–Crippen MR) is 63.8 cm³/mol. The fourth-order valence-electron chi connectivity index (χ4n) is 1.03. The van der Waals surface area contributed by atoms with E-state index >= 15 is 0 Å². The number of thioether (sulfide) groups is 1. The molecule has 0 aromatic carbocycles. The molecule has 17 heavy (non-hydrogen) atoms. The molecule has 8 heteroatoms. The van der Waals surface area contributed by atoms with Gasteiger partial charge < -0.3 is 5.11 Å². The van der Waals surface area contributed by atoms with Gasteiger partial charge in [0.25, 0.3) is 0 Å². The van der Waals surface area contributed by atoms with Crippen molar-refractivity contribution in [2.24, 2.45) is 5.11 Å². The van der Waals surface area contributed by atoms with E-state index in [1.807, 2.05) is 0 Å². The van der Waals surface area contributed by atoms with Gasteiger partial charge in [0, 0.05) is 23.2 Å². The lowest BCUT2D eigenvalue weighted by molar-refractivity contribution is 0.0689. The predicted octanol–water partition coefficient (Wildman–Crippen LogP) is 2.22. The first kappa shape index (κ1) is 13.0. The first-order chi connectivity index (χ1) is 8.19. The third-order valence-electron chi connectivity index (χ3n) is 1.73. The maximum absolute atomic E-state index is 11.0. The largest absolute Gasteiger partial charge is 0.476 e. The molecule has 0 atom stereocenters. The SMILES string of the molecule is CSc1ncc(C=CCN=[N+]=[N-])c(C(=O)O)n1. The Hall–Kier alpha value is -2.05. The molecule has 0 bridgehead atoms. The lowest BCUT2D eigenvalue weighted by atomic mass is 10.2. The van der Waals surface area contributed by atoms with Crippen molar-refractivity contribution in [2.45, 2.75) is 5.16 Å². The van der Waals surface area contributed by atoms with Crippen molar-refractivity contribution in [3.8, 4) is 0 Å². The summed E-state index contributed by atoms with van der Waals surface area (Å²) in [5, 5.41) is 12.7. The lowest BCUT2D eigenvalue weighted by Gasteiger charge is -2.01. The van der Waals surface area contributed by atoms with Gasteiger partial charge in [-0.1, -0.05) is 29.0 Å². The minimum atomic E-state index is -1.12. The van der Waals surface area contributed by atoms with Crippen molar-refractivity contribution in [1.82, 2.24) is 9.97 Å². The van der Waals surface area contributed by atoms with Gasteiger partial charge in [-0.15, -0.1) is 0 Å². The third-order valence-corrected chi connectivity index (χ3v) is 2.29. The van der Waals surface area contributed by atoms with Gasteiger partial charge in [-0.3, -0.25) is 0 Å². The Balaban J connectivity index is 3.02. The molecule has 1 aromatic heterocycles. The molecule has 0 fully saturated rings. The van der Waals surface area contributed by atoms with Crippen LogP contribution in [0.4, 0.5) is 0 Å². The Morgan fingerprint density at radius 2 is 2.53 bits per heavy atom. The summed E-state index contributed by atoms with van der Waals surface area (Å²) >= 11 is 1.26. The number of aromatic nitrogens is 2. The van der Waals surface area contributed by atoms with Gasteiger partial charge in [0.1, 0.15) is 0 Å². The molecule has 88 valence electrons. The molecule has 0 aliphatic carbocycles. The molecule has 1 N–H and O–H groups in total. The van der Waals surface area contributed by atoms with Crippen LogP contribution < -0.4 is 0 Å². The van der Waals surface area contributed by atoms with Crippen LogP contribution in [-0.4, -0.2) is 33.8 Å². The summed E-state index contributed by atoms with van der Waals surface area (Å²) in [6, 6.07) is 0. The molecule has 1 heterocycles. The first-order valence-corrected chi connectivity index (χ1v) is 5.73. The average Bonchev–Trinajstić information content (AvgIpc) is 2.34. The van der Waals surface area contributed by atoms with Crippen LogP contribution in [0.5, 0.6) is 0 Å². The van der Waals surface area contributed by atoms with Gasteiger partial charge >= 0.3 is 5.97 Å². The monoisotopic (exact) mass is 251 g/mol. The fourth-order valence-corrected chi connectivity index (χ4v) is 1.37. The van der Waals surface area contributed by atoms with E-state index in [4.69, 9.17) is 10.6 Å². The first-order valence-electron chi connectivity index (χ1n) is 4.50. The standard InChI is InChI=1S/C9H9N5O2S/c1-17-9-11-5-6(3-2-4-12-14-10)7(13-9)8(15)16/h2-3,5H,4H2,1H3,(H,15,16). The Labute approximate surface area is 101 Å². The number of azide groups is 1. The van der Waals surface area contributed by atoms with Crippen LogP contribution in [0.1, 0.15) is 16.1 Å². The van der Waals surface area contributed by atoms with Crippen LogP contribution >= 0.6 is 11.8 Å². The van der Waals surface area contributed by atoms with Gasteiger partial charge in [-0.2, -0.15) is 0 Å². The van der Waals surface area contributed by atoms with E-state index in [1.165, 1.54) is 24.0 Å². The summed E-state index contributed by atoms with van der Waals surface area (Å²) in [6.07, 6.45) is 6.25. The zero-order chi connectivity index (χ0) is 12.7. The zero-order valence-electron chi connectivity index (χ0n) is 8.94. The van der Waals surface area contributed by atoms with E-state index in [2.05, 4.69) is 20.0 Å². The van der Waals surface area contributed by atoms with Crippen LogP contribution in [0, 0.1) is 0 Å². The van der Waals surface area contributed by atoms with Crippen LogP contribution in [0.25, 0.3) is 16.5 Å². The molecule has 1 aromatic rings. The van der Waals surface area contributed by atoms with Crippen molar-refractivity contribution >= 4 is 23.8 Å². The Morgan fingerprint density at radius 1 is 1.76 bits per heavy atom. The highest BCUT2D eigenvalue weighted by Crippen LogP contribution is 2.13. The maximum Gasteiger partial charge on any atom is 0.355 e. The van der Waals surface area contributed by atoms with Crippen LogP contribution in [-0.2, 0) is 0 Å². The Bertz CT molecular complexity index is 496. The molecule has 0 unspecified atom stereocenters. The van der Waals surface area contributed by atoms with Crippen LogP contribution in [0.3, 0.4) is 0 Å². The van der Waals surface area contributed by atoms with Crippen molar-refractivity contribution in [3.05, 3.63) is 34.0 Å². The van der Waals surface area contributed by atoms with E-state index < -0.39 is 5.97 Å². The summed E-state index contributed by atoms with van der Waals surface area (Å²) in [5.41, 5.74) is 8.39. The second-order valence-corrected chi connectivity index (χ2v) is 3.56. The van der Waals surface area contributed by atoms with Gasteiger partial charge in [-0.25, -0.2) is 14.8 Å². The quantitative estimate of drug-likeness (QED) is 0.283. The second kappa shape index (κ2) is 6.51.